The van der Waals surface area contributed by atoms with Crippen molar-refractivity contribution in [3.05, 3.63) is 23.3 Å². The minimum Gasteiger partial charge on any atom is -0.307 e. The van der Waals surface area contributed by atoms with Gasteiger partial charge in [0.15, 0.2) is 0 Å². The van der Waals surface area contributed by atoms with E-state index in [2.05, 4.69) is 22.2 Å². The molecule has 3 nitrogen and oxygen atoms in total. The molecule has 2 aliphatic rings. The summed E-state index contributed by atoms with van der Waals surface area (Å²) in [7, 11) is 0. The molecule has 1 fully saturated rings. The van der Waals surface area contributed by atoms with Crippen molar-refractivity contribution in [2.75, 3.05) is 0 Å². The van der Waals surface area contributed by atoms with E-state index in [1.807, 2.05) is 6.20 Å². The van der Waals surface area contributed by atoms with Crippen LogP contribution in [0.5, 0.6) is 0 Å². The maximum absolute atomic E-state index is 4.62. The van der Waals surface area contributed by atoms with Gasteiger partial charge in [-0.3, -0.25) is 0 Å². The Hall–Kier alpha value is -0.960. The van der Waals surface area contributed by atoms with Crippen molar-refractivity contribution in [3.63, 3.8) is 0 Å². The van der Waals surface area contributed by atoms with Crippen LogP contribution in [-0.2, 0) is 12.8 Å². The molecule has 1 saturated heterocycles. The first-order valence-corrected chi connectivity index (χ1v) is 5.47. The van der Waals surface area contributed by atoms with Gasteiger partial charge < -0.3 is 5.32 Å². The molecule has 3 heteroatoms. The Morgan fingerprint density at radius 3 is 3.29 bits per heavy atom. The lowest BCUT2D eigenvalue weighted by atomic mass is 10.0. The second kappa shape index (κ2) is 3.02. The van der Waals surface area contributed by atoms with Crippen LogP contribution in [0.3, 0.4) is 0 Å². The fourth-order valence-corrected chi connectivity index (χ4v) is 2.55. The Labute approximate surface area is 84.0 Å². The zero-order chi connectivity index (χ0) is 9.54. The molecular weight excluding hydrogens is 174 g/mol. The van der Waals surface area contributed by atoms with E-state index in [1.54, 1.807) is 0 Å². The third-order valence-corrected chi connectivity index (χ3v) is 3.32. The molecule has 2 bridgehead atoms. The average Bonchev–Trinajstić information content (AvgIpc) is 2.61. The molecule has 1 N–H and O–H groups in total. The van der Waals surface area contributed by atoms with Gasteiger partial charge in [-0.15, -0.1) is 0 Å². The Bertz CT molecular complexity index is 362. The fraction of sp³-hybridized carbons (Fsp3) is 0.636. The molecule has 0 saturated carbocycles. The zero-order valence-electron chi connectivity index (χ0n) is 8.45. The van der Waals surface area contributed by atoms with Crippen LogP contribution in [0.15, 0.2) is 6.20 Å². The highest BCUT2D eigenvalue weighted by atomic mass is 15.0. The number of aromatic nitrogens is 2. The third kappa shape index (κ3) is 1.16. The molecule has 2 atom stereocenters. The molecule has 3 rings (SSSR count). The van der Waals surface area contributed by atoms with Crippen LogP contribution in [0.1, 0.15) is 42.9 Å². The summed E-state index contributed by atoms with van der Waals surface area (Å²) in [4.78, 5) is 9.00. The molecule has 2 aliphatic heterocycles. The summed E-state index contributed by atoms with van der Waals surface area (Å²) < 4.78 is 0. The summed E-state index contributed by atoms with van der Waals surface area (Å²) in [5.41, 5.74) is 2.64. The van der Waals surface area contributed by atoms with Gasteiger partial charge in [-0.2, -0.15) is 0 Å². The second-order valence-electron chi connectivity index (χ2n) is 4.24. The van der Waals surface area contributed by atoms with E-state index < -0.39 is 0 Å². The maximum atomic E-state index is 4.62. The summed E-state index contributed by atoms with van der Waals surface area (Å²) in [5.74, 6) is 0.991. The van der Waals surface area contributed by atoms with Crippen LogP contribution in [0.25, 0.3) is 0 Å². The van der Waals surface area contributed by atoms with Crippen LogP contribution in [0.2, 0.25) is 0 Å². The summed E-state index contributed by atoms with van der Waals surface area (Å²) in [6, 6.07) is 1.21. The number of nitrogens with one attached hydrogen (secondary N) is 1. The van der Waals surface area contributed by atoms with Crippen molar-refractivity contribution in [2.24, 2.45) is 0 Å². The fourth-order valence-electron chi connectivity index (χ4n) is 2.55. The molecule has 1 aromatic rings. The Balaban J connectivity index is 2.05. The normalized spacial score (nSPS) is 28.9. The average molecular weight is 189 g/mol. The lowest BCUT2D eigenvalue weighted by molar-refractivity contribution is 0.502. The van der Waals surface area contributed by atoms with Gasteiger partial charge in [-0.25, -0.2) is 9.97 Å². The highest BCUT2D eigenvalue weighted by molar-refractivity contribution is 5.28. The van der Waals surface area contributed by atoms with Crippen molar-refractivity contribution in [1.82, 2.24) is 15.3 Å². The largest absolute Gasteiger partial charge is 0.307 e. The third-order valence-electron chi connectivity index (χ3n) is 3.32. The SMILES string of the molecule is CCc1ncc2c(n1)C[C@H]1CC[C@H]2N1. The maximum Gasteiger partial charge on any atom is 0.128 e. The number of nitrogens with zero attached hydrogens (tertiary/aromatic N) is 2. The molecule has 0 aromatic carbocycles. The number of hydrogen-bond acceptors (Lipinski definition) is 3. The number of rotatable bonds is 1. The van der Waals surface area contributed by atoms with Gasteiger partial charge in [0.25, 0.3) is 0 Å². The first kappa shape index (κ1) is 8.36. The molecule has 74 valence electrons. The predicted octanol–water partition coefficient (Wildman–Crippen LogP) is 1.39. The first-order valence-electron chi connectivity index (χ1n) is 5.47. The van der Waals surface area contributed by atoms with Gasteiger partial charge in [-0.05, 0) is 12.8 Å². The van der Waals surface area contributed by atoms with Crippen LogP contribution >= 0.6 is 0 Å². The number of fused-ring (bicyclic) bond motifs is 4. The molecule has 1 aromatic heterocycles. The summed E-state index contributed by atoms with van der Waals surface area (Å²) in [6.45, 7) is 2.11. The zero-order valence-corrected chi connectivity index (χ0v) is 8.45. The molecule has 3 heterocycles. The summed E-state index contributed by atoms with van der Waals surface area (Å²) in [5, 5.41) is 3.60. The predicted molar refractivity (Wildman–Crippen MR) is 54.0 cm³/mol. The van der Waals surface area contributed by atoms with Crippen molar-refractivity contribution in [2.45, 2.75) is 44.7 Å². The van der Waals surface area contributed by atoms with Crippen LogP contribution in [0.4, 0.5) is 0 Å². The van der Waals surface area contributed by atoms with E-state index in [0.29, 0.717) is 12.1 Å². The number of hydrogen-bond donors (Lipinski definition) is 1. The van der Waals surface area contributed by atoms with Crippen molar-refractivity contribution >= 4 is 0 Å². The molecule has 0 amide bonds. The van der Waals surface area contributed by atoms with Gasteiger partial charge in [0, 0.05) is 36.7 Å². The smallest absolute Gasteiger partial charge is 0.128 e. The molecule has 0 unspecified atom stereocenters. The van der Waals surface area contributed by atoms with E-state index in [9.17, 15) is 0 Å². The van der Waals surface area contributed by atoms with Gasteiger partial charge in [-0.1, -0.05) is 6.92 Å². The Morgan fingerprint density at radius 2 is 2.43 bits per heavy atom. The van der Waals surface area contributed by atoms with Gasteiger partial charge in [0.1, 0.15) is 5.82 Å². The second-order valence-corrected chi connectivity index (χ2v) is 4.24. The van der Waals surface area contributed by atoms with Gasteiger partial charge >= 0.3 is 0 Å². The van der Waals surface area contributed by atoms with Crippen molar-refractivity contribution in [1.29, 1.82) is 0 Å². The van der Waals surface area contributed by atoms with Crippen LogP contribution in [0, 0.1) is 0 Å². The molecule has 0 spiro atoms. The van der Waals surface area contributed by atoms with Gasteiger partial charge in [0.05, 0.1) is 5.69 Å². The van der Waals surface area contributed by atoms with Crippen LogP contribution < -0.4 is 5.32 Å². The van der Waals surface area contributed by atoms with E-state index in [4.69, 9.17) is 0 Å². The molecular formula is C11H15N3. The monoisotopic (exact) mass is 189 g/mol. The lowest BCUT2D eigenvalue weighted by Crippen LogP contribution is -2.32. The molecule has 0 radical (unpaired) electrons. The molecule has 14 heavy (non-hydrogen) atoms. The van der Waals surface area contributed by atoms with Gasteiger partial charge in [0.2, 0.25) is 0 Å². The topological polar surface area (TPSA) is 37.8 Å². The van der Waals surface area contributed by atoms with Crippen molar-refractivity contribution in [3.8, 4) is 0 Å². The highest BCUT2D eigenvalue weighted by Crippen LogP contribution is 2.34. The first-order chi connectivity index (χ1) is 6.86. The van der Waals surface area contributed by atoms with E-state index in [-0.39, 0.29) is 0 Å². The Morgan fingerprint density at radius 1 is 1.50 bits per heavy atom. The standard InChI is InChI=1S/C11H15N3/c1-2-11-12-6-8-9-4-3-7(13-9)5-10(8)14-11/h6-7,9,13H,2-5H2,1H3/t7-,9-/m1/s1. The minimum atomic E-state index is 0.537. The van der Waals surface area contributed by atoms with E-state index in [1.165, 1.54) is 24.1 Å². The Kier molecular flexibility index (Phi) is 1.80. The quantitative estimate of drug-likeness (QED) is 0.725. The minimum absolute atomic E-state index is 0.537. The molecule has 0 aliphatic carbocycles. The highest BCUT2D eigenvalue weighted by Gasteiger charge is 2.33. The number of aryl methyl sites for hydroxylation is 1. The van der Waals surface area contributed by atoms with Crippen molar-refractivity contribution < 1.29 is 0 Å². The van der Waals surface area contributed by atoms with Crippen LogP contribution in [-0.4, -0.2) is 16.0 Å². The van der Waals surface area contributed by atoms with E-state index >= 15 is 0 Å². The lowest BCUT2D eigenvalue weighted by Gasteiger charge is -2.23. The van der Waals surface area contributed by atoms with E-state index in [0.717, 1.165) is 18.7 Å². The summed E-state index contributed by atoms with van der Waals surface area (Å²) >= 11 is 0. The summed E-state index contributed by atoms with van der Waals surface area (Å²) in [6.07, 6.45) is 6.62.